The minimum atomic E-state index is -0.596. The lowest BCUT2D eigenvalue weighted by atomic mass is 9.96. The predicted octanol–water partition coefficient (Wildman–Crippen LogP) is 2.84. The maximum Gasteiger partial charge on any atom is 0.251 e. The summed E-state index contributed by atoms with van der Waals surface area (Å²) < 4.78 is 13.4. The van der Waals surface area contributed by atoms with Gasteiger partial charge < -0.3 is 10.6 Å². The van der Waals surface area contributed by atoms with Crippen LogP contribution in [0.25, 0.3) is 0 Å². The molecule has 0 saturated carbocycles. The molecule has 1 fully saturated rings. The quantitative estimate of drug-likeness (QED) is 0.821. The number of hydrogen-bond donors (Lipinski definition) is 2. The summed E-state index contributed by atoms with van der Waals surface area (Å²) in [5, 5.41) is 5.83. The zero-order valence-electron chi connectivity index (χ0n) is 15.6. The van der Waals surface area contributed by atoms with Crippen molar-refractivity contribution >= 4 is 23.4 Å². The van der Waals surface area contributed by atoms with Crippen LogP contribution < -0.4 is 10.6 Å². The lowest BCUT2D eigenvalue weighted by Crippen LogP contribution is -2.48. The number of nitrogens with one attached hydrogen (secondary N) is 2. The molecule has 1 saturated heterocycles. The van der Waals surface area contributed by atoms with E-state index in [1.807, 2.05) is 20.8 Å². The van der Waals surface area contributed by atoms with E-state index >= 15 is 0 Å². The number of piperidine rings is 1. The van der Waals surface area contributed by atoms with Gasteiger partial charge in [0.1, 0.15) is 5.82 Å². The number of nitrogens with zero attached hydrogens (tertiary/aromatic N) is 1. The molecule has 2 N–H and O–H groups in total. The van der Waals surface area contributed by atoms with Crippen LogP contribution in [0, 0.1) is 11.7 Å². The van der Waals surface area contributed by atoms with Gasteiger partial charge in [-0.15, -0.1) is 0 Å². The van der Waals surface area contributed by atoms with Gasteiger partial charge in [-0.3, -0.25) is 14.5 Å². The Morgan fingerprint density at radius 1 is 1.27 bits per heavy atom. The fourth-order valence-electron chi connectivity index (χ4n) is 2.99. The number of halogens is 2. The normalized spacial score (nSPS) is 16.3. The van der Waals surface area contributed by atoms with Crippen molar-refractivity contribution < 1.29 is 14.0 Å². The molecule has 5 nitrogen and oxygen atoms in total. The number of benzene rings is 1. The molecule has 0 atom stereocenters. The third kappa shape index (κ3) is 6.57. The van der Waals surface area contributed by atoms with Crippen molar-refractivity contribution in [3.05, 3.63) is 34.6 Å². The van der Waals surface area contributed by atoms with Gasteiger partial charge in [-0.25, -0.2) is 4.39 Å². The average Bonchev–Trinajstić information content (AvgIpc) is 2.54. The van der Waals surface area contributed by atoms with Gasteiger partial charge in [0.25, 0.3) is 5.91 Å². The van der Waals surface area contributed by atoms with E-state index < -0.39 is 5.82 Å². The number of carbonyl (C=O) groups excluding carboxylic acids is 2. The maximum absolute atomic E-state index is 13.4. The molecule has 0 unspecified atom stereocenters. The molecule has 1 aliphatic rings. The SMILES string of the molecule is CC(C)(C)NC(=O)CN1CCC(CNC(=O)c2ccc(Cl)c(F)c2)CC1. The summed E-state index contributed by atoms with van der Waals surface area (Å²) in [6.45, 7) is 8.50. The first kappa shape index (κ1) is 20.6. The highest BCUT2D eigenvalue weighted by atomic mass is 35.5. The number of hydrogen-bond acceptors (Lipinski definition) is 3. The standard InChI is InChI=1S/C19H27ClFN3O2/c1-19(2,3)23-17(25)12-24-8-6-13(7-9-24)11-22-18(26)14-4-5-15(20)16(21)10-14/h4-5,10,13H,6-9,11-12H2,1-3H3,(H,22,26)(H,23,25). The highest BCUT2D eigenvalue weighted by molar-refractivity contribution is 6.30. The summed E-state index contributed by atoms with van der Waals surface area (Å²) in [6, 6.07) is 4.04. The van der Waals surface area contributed by atoms with E-state index in [2.05, 4.69) is 15.5 Å². The maximum atomic E-state index is 13.4. The number of amides is 2. The van der Waals surface area contributed by atoms with Gasteiger partial charge in [0, 0.05) is 17.6 Å². The van der Waals surface area contributed by atoms with Gasteiger partial charge in [0.15, 0.2) is 0 Å². The first-order chi connectivity index (χ1) is 12.1. The highest BCUT2D eigenvalue weighted by Gasteiger charge is 2.23. The second kappa shape index (κ2) is 8.82. The van der Waals surface area contributed by atoms with Gasteiger partial charge in [0.05, 0.1) is 11.6 Å². The third-order valence-corrected chi connectivity index (χ3v) is 4.63. The molecule has 0 radical (unpaired) electrons. The smallest absolute Gasteiger partial charge is 0.251 e. The van der Waals surface area contributed by atoms with Crippen molar-refractivity contribution in [1.29, 1.82) is 0 Å². The van der Waals surface area contributed by atoms with E-state index in [0.29, 0.717) is 19.0 Å². The lowest BCUT2D eigenvalue weighted by Gasteiger charge is -2.32. The van der Waals surface area contributed by atoms with E-state index in [4.69, 9.17) is 11.6 Å². The molecule has 26 heavy (non-hydrogen) atoms. The first-order valence-electron chi connectivity index (χ1n) is 8.90. The summed E-state index contributed by atoms with van der Waals surface area (Å²) in [7, 11) is 0. The summed E-state index contributed by atoms with van der Waals surface area (Å²) in [5.41, 5.74) is 0.0454. The van der Waals surface area contributed by atoms with Crippen LogP contribution >= 0.6 is 11.6 Å². The van der Waals surface area contributed by atoms with Crippen LogP contribution in [-0.4, -0.2) is 48.4 Å². The number of rotatable bonds is 5. The summed E-state index contributed by atoms with van der Waals surface area (Å²) >= 11 is 5.63. The molecule has 0 aromatic heterocycles. The fraction of sp³-hybridized carbons (Fsp3) is 0.579. The third-order valence-electron chi connectivity index (χ3n) is 4.32. The predicted molar refractivity (Wildman–Crippen MR) is 101 cm³/mol. The van der Waals surface area contributed by atoms with Gasteiger partial charge >= 0.3 is 0 Å². The lowest BCUT2D eigenvalue weighted by molar-refractivity contribution is -0.124. The van der Waals surface area contributed by atoms with Crippen LogP contribution in [-0.2, 0) is 4.79 Å². The van der Waals surface area contributed by atoms with E-state index in [-0.39, 0.29) is 27.9 Å². The molecule has 7 heteroatoms. The molecular formula is C19H27ClFN3O2. The van der Waals surface area contributed by atoms with Crippen LogP contribution in [0.4, 0.5) is 4.39 Å². The Balaban J connectivity index is 1.72. The van der Waals surface area contributed by atoms with Gasteiger partial charge in [-0.1, -0.05) is 11.6 Å². The van der Waals surface area contributed by atoms with Crippen molar-refractivity contribution in [2.24, 2.45) is 5.92 Å². The second-order valence-corrected chi connectivity index (χ2v) is 8.26. The van der Waals surface area contributed by atoms with Crippen molar-refractivity contribution in [3.63, 3.8) is 0 Å². The Morgan fingerprint density at radius 2 is 1.92 bits per heavy atom. The summed E-state index contributed by atoms with van der Waals surface area (Å²) in [5.74, 6) is -0.499. The largest absolute Gasteiger partial charge is 0.352 e. The molecule has 2 rings (SSSR count). The molecule has 1 aromatic carbocycles. The molecule has 1 aromatic rings. The molecule has 144 valence electrons. The Bertz CT molecular complexity index is 653. The molecular weight excluding hydrogens is 357 g/mol. The molecule has 1 heterocycles. The van der Waals surface area contributed by atoms with Crippen LogP contribution in [0.5, 0.6) is 0 Å². The molecule has 0 spiro atoms. The molecule has 1 aliphatic heterocycles. The van der Waals surface area contributed by atoms with Gasteiger partial charge in [-0.05, 0) is 70.8 Å². The fourth-order valence-corrected chi connectivity index (χ4v) is 3.10. The minimum Gasteiger partial charge on any atom is -0.352 e. The Labute approximate surface area is 159 Å². The topological polar surface area (TPSA) is 61.4 Å². The second-order valence-electron chi connectivity index (χ2n) is 7.86. The minimum absolute atomic E-state index is 0.00409. The van der Waals surface area contributed by atoms with E-state index in [1.165, 1.54) is 12.1 Å². The van der Waals surface area contributed by atoms with Crippen molar-refractivity contribution in [2.45, 2.75) is 39.2 Å². The number of likely N-dealkylation sites (tertiary alicyclic amines) is 1. The Hall–Kier alpha value is -1.66. The number of carbonyl (C=O) groups is 2. The molecule has 0 aliphatic carbocycles. The average molecular weight is 384 g/mol. The van der Waals surface area contributed by atoms with Crippen LogP contribution in [0.3, 0.4) is 0 Å². The molecule has 2 amide bonds. The van der Waals surface area contributed by atoms with Crippen LogP contribution in [0.1, 0.15) is 44.0 Å². The summed E-state index contributed by atoms with van der Waals surface area (Å²) in [6.07, 6.45) is 1.83. The van der Waals surface area contributed by atoms with Crippen LogP contribution in [0.15, 0.2) is 18.2 Å². The van der Waals surface area contributed by atoms with Crippen molar-refractivity contribution in [3.8, 4) is 0 Å². The Kier molecular flexibility index (Phi) is 7.01. The Morgan fingerprint density at radius 3 is 2.50 bits per heavy atom. The highest BCUT2D eigenvalue weighted by Crippen LogP contribution is 2.18. The van der Waals surface area contributed by atoms with E-state index in [1.54, 1.807) is 0 Å². The first-order valence-corrected chi connectivity index (χ1v) is 9.28. The van der Waals surface area contributed by atoms with E-state index in [0.717, 1.165) is 32.0 Å². The van der Waals surface area contributed by atoms with Gasteiger partial charge in [-0.2, -0.15) is 0 Å². The van der Waals surface area contributed by atoms with Gasteiger partial charge in [0.2, 0.25) is 5.91 Å². The van der Waals surface area contributed by atoms with E-state index in [9.17, 15) is 14.0 Å². The zero-order valence-corrected chi connectivity index (χ0v) is 16.3. The van der Waals surface area contributed by atoms with Crippen LogP contribution in [0.2, 0.25) is 5.02 Å². The summed E-state index contributed by atoms with van der Waals surface area (Å²) in [4.78, 5) is 26.2. The van der Waals surface area contributed by atoms with Crippen molar-refractivity contribution in [1.82, 2.24) is 15.5 Å². The zero-order chi connectivity index (χ0) is 19.3. The monoisotopic (exact) mass is 383 g/mol. The van der Waals surface area contributed by atoms with Crippen molar-refractivity contribution in [2.75, 3.05) is 26.2 Å². The molecule has 0 bridgehead atoms.